The molecule has 210 valence electrons. The van der Waals surface area contributed by atoms with Crippen LogP contribution in [-0.4, -0.2) is 66.0 Å². The molecule has 1 aromatic carbocycles. The molecule has 40 heavy (non-hydrogen) atoms. The number of aliphatic hydroxyl groups is 1. The molecule has 1 aliphatic rings. The van der Waals surface area contributed by atoms with Gasteiger partial charge in [0, 0.05) is 49.3 Å². The van der Waals surface area contributed by atoms with E-state index < -0.39 is 5.60 Å². The molecule has 0 saturated carbocycles. The van der Waals surface area contributed by atoms with Crippen molar-refractivity contribution in [2.45, 2.75) is 52.3 Å². The standard InChI is InChI=1S/C30H38N8O2/c1-7-15-37-27(39)23-20-31-28(34-26(23)38(37)25-10-8-9-24(33-25)30(5,6)40)32-21-11-13-22(14-12-21)35-16-18-36(19-17-35)29(2,3)4/h7-14,20,40H,1,15-19H2,2-6H3,(H,31,32,34). The van der Waals surface area contributed by atoms with Gasteiger partial charge in [-0.3, -0.25) is 9.69 Å². The van der Waals surface area contributed by atoms with E-state index in [-0.39, 0.29) is 17.6 Å². The first kappa shape index (κ1) is 27.5. The molecule has 0 spiro atoms. The van der Waals surface area contributed by atoms with E-state index in [4.69, 9.17) is 4.98 Å². The molecule has 0 radical (unpaired) electrons. The summed E-state index contributed by atoms with van der Waals surface area (Å²) in [4.78, 5) is 31.9. The van der Waals surface area contributed by atoms with Gasteiger partial charge in [-0.2, -0.15) is 4.98 Å². The minimum Gasteiger partial charge on any atom is -0.384 e. The van der Waals surface area contributed by atoms with E-state index in [1.54, 1.807) is 42.8 Å². The largest absolute Gasteiger partial charge is 0.384 e. The van der Waals surface area contributed by atoms with Crippen molar-refractivity contribution in [2.75, 3.05) is 36.4 Å². The number of rotatable bonds is 7. The number of hydrogen-bond donors (Lipinski definition) is 2. The van der Waals surface area contributed by atoms with Crippen LogP contribution in [0.4, 0.5) is 17.3 Å². The molecule has 1 saturated heterocycles. The molecule has 10 nitrogen and oxygen atoms in total. The van der Waals surface area contributed by atoms with Crippen LogP contribution in [-0.2, 0) is 12.1 Å². The number of benzene rings is 1. The fourth-order valence-electron chi connectivity index (χ4n) is 5.01. The van der Waals surface area contributed by atoms with Crippen LogP contribution in [0.5, 0.6) is 0 Å². The lowest BCUT2D eigenvalue weighted by Gasteiger charge is -2.43. The Kier molecular flexibility index (Phi) is 7.24. The highest BCUT2D eigenvalue weighted by Gasteiger charge is 2.26. The molecule has 4 aromatic rings. The second-order valence-corrected chi connectivity index (χ2v) is 11.7. The van der Waals surface area contributed by atoms with Crippen LogP contribution in [0.3, 0.4) is 0 Å². The number of fused-ring (bicyclic) bond motifs is 1. The van der Waals surface area contributed by atoms with Crippen molar-refractivity contribution in [1.82, 2.24) is 29.2 Å². The highest BCUT2D eigenvalue weighted by atomic mass is 16.3. The van der Waals surface area contributed by atoms with Crippen LogP contribution >= 0.6 is 0 Å². The average Bonchev–Trinajstić information content (AvgIpc) is 3.19. The second kappa shape index (κ2) is 10.5. The fraction of sp³-hybridized carbons (Fsp3) is 0.400. The van der Waals surface area contributed by atoms with Gasteiger partial charge in [-0.15, -0.1) is 6.58 Å². The van der Waals surface area contributed by atoms with E-state index in [1.807, 2.05) is 12.1 Å². The van der Waals surface area contributed by atoms with E-state index in [1.165, 1.54) is 16.6 Å². The molecule has 3 aromatic heterocycles. The Morgan fingerprint density at radius 1 is 1.00 bits per heavy atom. The van der Waals surface area contributed by atoms with Gasteiger partial charge in [-0.05, 0) is 71.0 Å². The third-order valence-electron chi connectivity index (χ3n) is 7.27. The lowest BCUT2D eigenvalue weighted by Crippen LogP contribution is -2.53. The van der Waals surface area contributed by atoms with Crippen molar-refractivity contribution in [3.8, 4) is 5.82 Å². The van der Waals surface area contributed by atoms with E-state index in [2.05, 4.69) is 64.6 Å². The van der Waals surface area contributed by atoms with Gasteiger partial charge in [0.05, 0.1) is 12.2 Å². The van der Waals surface area contributed by atoms with Crippen molar-refractivity contribution in [1.29, 1.82) is 0 Å². The lowest BCUT2D eigenvalue weighted by atomic mass is 10.0. The van der Waals surface area contributed by atoms with Crippen molar-refractivity contribution < 1.29 is 5.11 Å². The first-order valence-corrected chi connectivity index (χ1v) is 13.6. The summed E-state index contributed by atoms with van der Waals surface area (Å²) in [6.45, 7) is 18.3. The number of anilines is 3. The number of nitrogens with zero attached hydrogens (tertiary/aromatic N) is 7. The molecule has 2 N–H and O–H groups in total. The minimum atomic E-state index is -1.14. The van der Waals surface area contributed by atoms with Gasteiger partial charge < -0.3 is 15.3 Å². The van der Waals surface area contributed by atoms with Gasteiger partial charge in [0.15, 0.2) is 11.5 Å². The van der Waals surface area contributed by atoms with Gasteiger partial charge >= 0.3 is 0 Å². The molecule has 10 heteroatoms. The Morgan fingerprint density at radius 3 is 2.33 bits per heavy atom. The molecule has 0 bridgehead atoms. The van der Waals surface area contributed by atoms with E-state index in [0.29, 0.717) is 28.5 Å². The van der Waals surface area contributed by atoms with Crippen molar-refractivity contribution in [2.24, 2.45) is 0 Å². The number of piperazine rings is 1. The summed E-state index contributed by atoms with van der Waals surface area (Å²) >= 11 is 0. The number of pyridine rings is 1. The molecule has 0 unspecified atom stereocenters. The molecule has 0 amide bonds. The van der Waals surface area contributed by atoms with Crippen LogP contribution in [0.25, 0.3) is 16.9 Å². The Labute approximate surface area is 234 Å². The average molecular weight is 543 g/mol. The zero-order chi connectivity index (χ0) is 28.7. The first-order chi connectivity index (χ1) is 19.0. The SMILES string of the molecule is C=CCn1c(=O)c2cnc(Nc3ccc(N4CCN(C(C)(C)C)CC4)cc3)nc2n1-c1cccc(C(C)(C)O)n1. The first-order valence-electron chi connectivity index (χ1n) is 13.6. The highest BCUT2D eigenvalue weighted by Crippen LogP contribution is 2.25. The number of nitrogens with one attached hydrogen (secondary N) is 1. The molecule has 1 aliphatic heterocycles. The normalized spacial score (nSPS) is 15.0. The number of aromatic nitrogens is 5. The van der Waals surface area contributed by atoms with Gasteiger partial charge in [-0.25, -0.2) is 19.3 Å². The maximum atomic E-state index is 13.2. The minimum absolute atomic E-state index is 0.187. The number of hydrogen-bond acceptors (Lipinski definition) is 8. The van der Waals surface area contributed by atoms with E-state index in [9.17, 15) is 9.90 Å². The molecule has 0 aliphatic carbocycles. The summed E-state index contributed by atoms with van der Waals surface area (Å²) in [5.74, 6) is 0.830. The third-order valence-corrected chi connectivity index (χ3v) is 7.27. The molecular weight excluding hydrogens is 504 g/mol. The molecule has 5 rings (SSSR count). The van der Waals surface area contributed by atoms with E-state index >= 15 is 0 Å². The zero-order valence-corrected chi connectivity index (χ0v) is 23.9. The van der Waals surface area contributed by atoms with Crippen molar-refractivity contribution in [3.63, 3.8) is 0 Å². The smallest absolute Gasteiger partial charge is 0.278 e. The van der Waals surface area contributed by atoms with Gasteiger partial charge in [-0.1, -0.05) is 12.1 Å². The Balaban J connectivity index is 1.43. The van der Waals surface area contributed by atoms with Gasteiger partial charge in [0.25, 0.3) is 5.56 Å². The molecule has 0 atom stereocenters. The van der Waals surface area contributed by atoms with Crippen molar-refractivity contribution >= 4 is 28.4 Å². The lowest BCUT2D eigenvalue weighted by molar-refractivity contribution is 0.0738. The maximum Gasteiger partial charge on any atom is 0.278 e. The number of allylic oxidation sites excluding steroid dienone is 1. The second-order valence-electron chi connectivity index (χ2n) is 11.7. The predicted molar refractivity (Wildman–Crippen MR) is 160 cm³/mol. The summed E-state index contributed by atoms with van der Waals surface area (Å²) < 4.78 is 3.17. The Bertz CT molecular complexity index is 1570. The third kappa shape index (κ3) is 5.50. The van der Waals surface area contributed by atoms with Crippen molar-refractivity contribution in [3.05, 3.63) is 77.4 Å². The Morgan fingerprint density at radius 2 is 1.70 bits per heavy atom. The summed E-state index contributed by atoms with van der Waals surface area (Å²) in [5, 5.41) is 14.2. The van der Waals surface area contributed by atoms with Crippen LogP contribution in [0.1, 0.15) is 40.3 Å². The Hall–Kier alpha value is -4.02. The quantitative estimate of drug-likeness (QED) is 0.337. The molecule has 4 heterocycles. The van der Waals surface area contributed by atoms with Crippen LogP contribution in [0.2, 0.25) is 0 Å². The van der Waals surface area contributed by atoms with Gasteiger partial charge in [0.1, 0.15) is 11.0 Å². The summed E-state index contributed by atoms with van der Waals surface area (Å²) in [6, 6.07) is 13.6. The molecular formula is C30H38N8O2. The summed E-state index contributed by atoms with van der Waals surface area (Å²) in [6.07, 6.45) is 3.18. The summed E-state index contributed by atoms with van der Waals surface area (Å²) in [7, 11) is 0. The van der Waals surface area contributed by atoms with Crippen LogP contribution in [0, 0.1) is 0 Å². The molecule has 1 fully saturated rings. The monoisotopic (exact) mass is 542 g/mol. The fourth-order valence-corrected chi connectivity index (χ4v) is 5.01. The van der Waals surface area contributed by atoms with Crippen LogP contribution in [0.15, 0.2) is 66.1 Å². The maximum absolute atomic E-state index is 13.2. The van der Waals surface area contributed by atoms with Crippen LogP contribution < -0.4 is 15.8 Å². The topological polar surface area (TPSA) is 104 Å². The summed E-state index contributed by atoms with van der Waals surface area (Å²) in [5.41, 5.74) is 1.73. The highest BCUT2D eigenvalue weighted by molar-refractivity contribution is 5.77. The van der Waals surface area contributed by atoms with E-state index in [0.717, 1.165) is 31.9 Å². The zero-order valence-electron chi connectivity index (χ0n) is 23.9. The van der Waals surface area contributed by atoms with Gasteiger partial charge in [0.2, 0.25) is 5.95 Å². The predicted octanol–water partition coefficient (Wildman–Crippen LogP) is 4.05.